The van der Waals surface area contributed by atoms with E-state index in [2.05, 4.69) is 52.0 Å². The molecule has 0 saturated heterocycles. The molecule has 0 radical (unpaired) electrons. The summed E-state index contributed by atoms with van der Waals surface area (Å²) >= 11 is 1.80. The Labute approximate surface area is 152 Å². The van der Waals surface area contributed by atoms with Gasteiger partial charge in [0, 0.05) is 0 Å². The van der Waals surface area contributed by atoms with Crippen LogP contribution in [0.2, 0.25) is 12.1 Å². The molecule has 0 atom stereocenters. The van der Waals surface area contributed by atoms with Crippen LogP contribution in [-0.4, -0.2) is 5.43 Å². The van der Waals surface area contributed by atoms with Crippen LogP contribution >= 0.6 is 0 Å². The molecular weight excluding hydrogens is 382 g/mol. The summed E-state index contributed by atoms with van der Waals surface area (Å²) in [6, 6.07) is 19.4. The van der Waals surface area contributed by atoms with Crippen molar-refractivity contribution in [1.29, 1.82) is 0 Å². The third-order valence-electron chi connectivity index (χ3n) is 2.51. The molecule has 20 heavy (non-hydrogen) atoms. The second-order valence-corrected chi connectivity index (χ2v) is 12.1. The van der Waals surface area contributed by atoms with Crippen LogP contribution in [0.15, 0.2) is 48.5 Å². The fraction of sp³-hybridized carbons (Fsp3) is 0.375. The Morgan fingerprint density at radius 2 is 1.00 bits per heavy atom. The maximum Gasteiger partial charge on any atom is -0.0860 e. The SMILES string of the molecule is CC[Si](=[Zr+2])CC.C[c-]1cccc1.C[c-]1cccc1.[Cl-].[Cl-]. The fourth-order valence-electron chi connectivity index (χ4n) is 1.19. The first-order valence-corrected chi connectivity index (χ1v) is 12.1. The van der Waals surface area contributed by atoms with E-state index in [9.17, 15) is 0 Å². The molecule has 0 bridgehead atoms. The van der Waals surface area contributed by atoms with E-state index in [1.807, 2.05) is 24.3 Å². The van der Waals surface area contributed by atoms with Crippen LogP contribution in [0.3, 0.4) is 0 Å². The van der Waals surface area contributed by atoms with Gasteiger partial charge >= 0.3 is 54.7 Å². The van der Waals surface area contributed by atoms with Crippen LogP contribution in [0, 0.1) is 13.8 Å². The smallest absolute Gasteiger partial charge is 0.0860 e. The maximum absolute atomic E-state index is 2.30. The molecule has 0 aliphatic heterocycles. The van der Waals surface area contributed by atoms with Crippen LogP contribution in [-0.2, 0) is 23.3 Å². The predicted octanol–water partition coefficient (Wildman–Crippen LogP) is -1.000. The van der Waals surface area contributed by atoms with E-state index < -0.39 is 0 Å². The molecule has 2 rings (SSSR count). The summed E-state index contributed by atoms with van der Waals surface area (Å²) in [5, 5.41) is 0. The standard InChI is InChI=1S/2C6H7.C4H10Si.2ClH.Zr/c2*1-6-4-2-3-5-6;1-3-5-4-2;;;/h2*2-5H,1H3;3-4H2,1-2H3;2*1H;/q2*-1;;;;+2/p-2. The zero-order valence-corrected chi connectivity index (χ0v) is 17.8. The second kappa shape index (κ2) is 17.4. The number of hydrogen-bond acceptors (Lipinski definition) is 0. The summed E-state index contributed by atoms with van der Waals surface area (Å²) < 4.78 is 0. The summed E-state index contributed by atoms with van der Waals surface area (Å²) in [6.45, 7) is 8.76. The third kappa shape index (κ3) is 16.4. The summed E-state index contributed by atoms with van der Waals surface area (Å²) in [6.07, 6.45) is 0. The van der Waals surface area contributed by atoms with Gasteiger partial charge in [0.05, 0.1) is 0 Å². The molecule has 0 unspecified atom stereocenters. The molecule has 2 aromatic rings. The Kier molecular flexibility index (Phi) is 22.1. The molecule has 0 aliphatic rings. The van der Waals surface area contributed by atoms with Crippen molar-refractivity contribution in [2.24, 2.45) is 0 Å². The minimum Gasteiger partial charge on any atom is -1.00 e. The topological polar surface area (TPSA) is 0 Å². The van der Waals surface area contributed by atoms with Gasteiger partial charge in [0.2, 0.25) is 0 Å². The van der Waals surface area contributed by atoms with Crippen molar-refractivity contribution in [1.82, 2.24) is 0 Å². The minimum atomic E-state index is 0. The first-order valence-electron chi connectivity index (χ1n) is 6.53. The molecule has 0 N–H and O–H groups in total. The Bertz CT molecular complexity index is 356. The van der Waals surface area contributed by atoms with Crippen LogP contribution in [0.1, 0.15) is 25.0 Å². The van der Waals surface area contributed by atoms with Gasteiger partial charge in [-0.2, -0.15) is 35.4 Å². The molecule has 2 aromatic carbocycles. The molecule has 0 saturated carbocycles. The monoisotopic (exact) mass is 404 g/mol. The Hall–Kier alpha value is 0.380. The maximum atomic E-state index is 2.30. The molecule has 0 amide bonds. The normalized spacial score (nSPS) is 7.90. The van der Waals surface area contributed by atoms with Gasteiger partial charge in [0.1, 0.15) is 0 Å². The second-order valence-electron chi connectivity index (χ2n) is 4.24. The van der Waals surface area contributed by atoms with Gasteiger partial charge < -0.3 is 24.8 Å². The molecule has 0 fully saturated rings. The van der Waals surface area contributed by atoms with Gasteiger partial charge in [-0.25, -0.2) is 24.3 Å². The number of rotatable bonds is 2. The Morgan fingerprint density at radius 3 is 1.05 bits per heavy atom. The van der Waals surface area contributed by atoms with Crippen LogP contribution in [0.25, 0.3) is 0 Å². The zero-order chi connectivity index (χ0) is 13.8. The average molecular weight is 407 g/mol. The van der Waals surface area contributed by atoms with E-state index in [0.717, 1.165) is 0 Å². The quantitative estimate of drug-likeness (QED) is 0.444. The first kappa shape index (κ1) is 25.3. The van der Waals surface area contributed by atoms with Gasteiger partial charge in [-0.15, -0.1) is 0 Å². The molecular formula is C16H24Cl2SiZr-2. The van der Waals surface area contributed by atoms with E-state index in [-0.39, 0.29) is 30.2 Å². The van der Waals surface area contributed by atoms with Gasteiger partial charge in [0.25, 0.3) is 0 Å². The third-order valence-corrected chi connectivity index (χ3v) is 9.43. The molecule has 4 heteroatoms. The molecule has 0 spiro atoms. The van der Waals surface area contributed by atoms with Crippen LogP contribution in [0.5, 0.6) is 0 Å². The number of hydrogen-bond donors (Lipinski definition) is 0. The Balaban J connectivity index is -0.000000206. The van der Waals surface area contributed by atoms with Gasteiger partial charge in [-0.05, 0) is 0 Å². The first-order chi connectivity index (χ1) is 8.60. The fourth-order valence-corrected chi connectivity index (χ4v) is 1.69. The van der Waals surface area contributed by atoms with Crippen molar-refractivity contribution >= 4 is 5.43 Å². The van der Waals surface area contributed by atoms with Crippen molar-refractivity contribution in [3.63, 3.8) is 0 Å². The number of halogens is 2. The van der Waals surface area contributed by atoms with E-state index in [1.165, 1.54) is 23.2 Å². The van der Waals surface area contributed by atoms with Crippen molar-refractivity contribution in [3.05, 3.63) is 59.7 Å². The number of aryl methyl sites for hydroxylation is 2. The largest absolute Gasteiger partial charge is 1.00 e. The van der Waals surface area contributed by atoms with Crippen LogP contribution < -0.4 is 24.8 Å². The summed E-state index contributed by atoms with van der Waals surface area (Å²) in [5.41, 5.74) is 2.91. The molecule has 0 heterocycles. The molecule has 0 nitrogen and oxygen atoms in total. The Morgan fingerprint density at radius 1 is 0.750 bits per heavy atom. The molecule has 112 valence electrons. The summed E-state index contributed by atoms with van der Waals surface area (Å²) in [4.78, 5) is 0. The predicted molar refractivity (Wildman–Crippen MR) is 80.3 cm³/mol. The molecule has 0 aromatic heterocycles. The summed E-state index contributed by atoms with van der Waals surface area (Å²) in [5.74, 6) is 0. The van der Waals surface area contributed by atoms with Crippen molar-refractivity contribution in [2.75, 3.05) is 0 Å². The van der Waals surface area contributed by atoms with Gasteiger partial charge in [-0.3, -0.25) is 0 Å². The van der Waals surface area contributed by atoms with E-state index >= 15 is 0 Å². The zero-order valence-electron chi connectivity index (χ0n) is 12.8. The van der Waals surface area contributed by atoms with Crippen molar-refractivity contribution < 1.29 is 48.1 Å². The van der Waals surface area contributed by atoms with E-state index in [1.54, 1.807) is 23.3 Å². The molecule has 0 aliphatic carbocycles. The minimum absolute atomic E-state index is 0. The van der Waals surface area contributed by atoms with Gasteiger partial charge in [0.15, 0.2) is 0 Å². The van der Waals surface area contributed by atoms with E-state index in [4.69, 9.17) is 0 Å². The summed E-state index contributed by atoms with van der Waals surface area (Å²) in [7, 11) is 0. The average Bonchev–Trinajstić information content (AvgIpc) is 3.03. The van der Waals surface area contributed by atoms with Crippen molar-refractivity contribution in [2.45, 2.75) is 39.8 Å². The van der Waals surface area contributed by atoms with Crippen molar-refractivity contribution in [3.8, 4) is 0 Å². The van der Waals surface area contributed by atoms with E-state index in [0.29, 0.717) is 0 Å². The van der Waals surface area contributed by atoms with Gasteiger partial charge in [-0.1, -0.05) is 13.8 Å². The van der Waals surface area contributed by atoms with Crippen LogP contribution in [0.4, 0.5) is 0 Å².